The van der Waals surface area contributed by atoms with Crippen LogP contribution in [0.4, 0.5) is 4.39 Å². The van der Waals surface area contributed by atoms with Crippen LogP contribution in [0.3, 0.4) is 0 Å². The fourth-order valence-corrected chi connectivity index (χ4v) is 1.33. The molecule has 82 valence electrons. The number of hydrogen-bond donors (Lipinski definition) is 2. The van der Waals surface area contributed by atoms with Crippen LogP contribution < -0.4 is 5.73 Å². The summed E-state index contributed by atoms with van der Waals surface area (Å²) in [5, 5.41) is 8.46. The number of carboxylic acid groups (broad SMARTS) is 1. The van der Waals surface area contributed by atoms with Crippen LogP contribution in [0.15, 0.2) is 24.3 Å². The van der Waals surface area contributed by atoms with Crippen molar-refractivity contribution in [1.29, 1.82) is 0 Å². The molecular formula is C11H14FNO2. The molecule has 0 aromatic heterocycles. The number of benzene rings is 1. The van der Waals surface area contributed by atoms with Crippen LogP contribution >= 0.6 is 0 Å². The van der Waals surface area contributed by atoms with Crippen LogP contribution in [-0.2, 0) is 11.2 Å². The minimum absolute atomic E-state index is 0.0718. The van der Waals surface area contributed by atoms with E-state index >= 15 is 0 Å². The molecule has 15 heavy (non-hydrogen) atoms. The lowest BCUT2D eigenvalue weighted by Crippen LogP contribution is -2.23. The summed E-state index contributed by atoms with van der Waals surface area (Å²) in [6, 6.07) is 5.89. The highest BCUT2D eigenvalue weighted by Gasteiger charge is 2.06. The molecule has 0 spiro atoms. The first kappa shape index (κ1) is 11.7. The Morgan fingerprint density at radius 3 is 2.53 bits per heavy atom. The predicted molar refractivity (Wildman–Crippen MR) is 54.9 cm³/mol. The van der Waals surface area contributed by atoms with Gasteiger partial charge in [0.1, 0.15) is 5.82 Å². The van der Waals surface area contributed by atoms with Gasteiger partial charge in [-0.05, 0) is 30.5 Å². The van der Waals surface area contributed by atoms with Gasteiger partial charge in [-0.1, -0.05) is 12.1 Å². The summed E-state index contributed by atoms with van der Waals surface area (Å²) in [6.07, 6.45) is 1.09. The van der Waals surface area contributed by atoms with Crippen molar-refractivity contribution in [1.82, 2.24) is 0 Å². The first-order valence-electron chi connectivity index (χ1n) is 4.80. The summed E-state index contributed by atoms with van der Waals surface area (Å²) in [5.41, 5.74) is 6.66. The number of carbonyl (C=O) groups is 1. The molecule has 0 saturated carbocycles. The summed E-state index contributed by atoms with van der Waals surface area (Å²) in [4.78, 5) is 10.3. The molecule has 1 rings (SSSR count). The first-order valence-corrected chi connectivity index (χ1v) is 4.80. The molecule has 3 N–H and O–H groups in total. The third kappa shape index (κ3) is 4.56. The number of rotatable bonds is 5. The summed E-state index contributed by atoms with van der Waals surface area (Å²) in [6.45, 7) is 0. The quantitative estimate of drug-likeness (QED) is 0.776. The van der Waals surface area contributed by atoms with E-state index in [2.05, 4.69) is 0 Å². The second-order valence-corrected chi connectivity index (χ2v) is 3.52. The second kappa shape index (κ2) is 5.46. The highest BCUT2D eigenvalue weighted by atomic mass is 19.1. The van der Waals surface area contributed by atoms with Crippen molar-refractivity contribution in [3.05, 3.63) is 35.6 Å². The number of hydrogen-bond acceptors (Lipinski definition) is 2. The smallest absolute Gasteiger partial charge is 0.303 e. The lowest BCUT2D eigenvalue weighted by atomic mass is 10.0. The maximum atomic E-state index is 12.6. The van der Waals surface area contributed by atoms with Gasteiger partial charge in [0.2, 0.25) is 0 Å². The first-order chi connectivity index (χ1) is 7.08. The fraction of sp³-hybridized carbons (Fsp3) is 0.364. The Labute approximate surface area is 87.7 Å². The zero-order chi connectivity index (χ0) is 11.3. The molecule has 0 unspecified atom stereocenters. The Hall–Kier alpha value is -1.42. The van der Waals surface area contributed by atoms with Crippen molar-refractivity contribution in [3.8, 4) is 0 Å². The van der Waals surface area contributed by atoms with Gasteiger partial charge in [-0.3, -0.25) is 4.79 Å². The van der Waals surface area contributed by atoms with E-state index in [1.54, 1.807) is 12.1 Å². The largest absolute Gasteiger partial charge is 0.481 e. The van der Waals surface area contributed by atoms with Crippen molar-refractivity contribution < 1.29 is 14.3 Å². The molecule has 0 radical (unpaired) electrons. The Kier molecular flexibility index (Phi) is 4.24. The molecule has 1 aromatic rings. The minimum atomic E-state index is -0.843. The minimum Gasteiger partial charge on any atom is -0.481 e. The monoisotopic (exact) mass is 211 g/mol. The van der Waals surface area contributed by atoms with Crippen molar-refractivity contribution in [2.45, 2.75) is 25.3 Å². The molecule has 0 heterocycles. The van der Waals surface area contributed by atoms with E-state index in [-0.39, 0.29) is 18.3 Å². The molecule has 3 nitrogen and oxygen atoms in total. The van der Waals surface area contributed by atoms with Crippen molar-refractivity contribution in [3.63, 3.8) is 0 Å². The molecule has 0 fully saturated rings. The van der Waals surface area contributed by atoms with E-state index < -0.39 is 5.97 Å². The highest BCUT2D eigenvalue weighted by Crippen LogP contribution is 2.07. The van der Waals surface area contributed by atoms with Crippen LogP contribution in [-0.4, -0.2) is 17.1 Å². The molecule has 0 aliphatic heterocycles. The summed E-state index contributed by atoms with van der Waals surface area (Å²) in [7, 11) is 0. The third-order valence-corrected chi connectivity index (χ3v) is 2.14. The standard InChI is InChI=1S/C11H14FNO2/c12-9-3-1-8(2-4-9)7-10(13)5-6-11(14)15/h1-4,10H,5-7,13H2,(H,14,15)/t10-/m1/s1. The zero-order valence-corrected chi connectivity index (χ0v) is 8.32. The van der Waals surface area contributed by atoms with Crippen LogP contribution in [0.5, 0.6) is 0 Å². The van der Waals surface area contributed by atoms with E-state index in [0.717, 1.165) is 5.56 Å². The number of halogens is 1. The maximum absolute atomic E-state index is 12.6. The zero-order valence-electron chi connectivity index (χ0n) is 8.32. The summed E-state index contributed by atoms with van der Waals surface area (Å²) < 4.78 is 12.6. The van der Waals surface area contributed by atoms with Crippen molar-refractivity contribution in [2.75, 3.05) is 0 Å². The van der Waals surface area contributed by atoms with Gasteiger partial charge in [0.05, 0.1) is 0 Å². The van der Waals surface area contributed by atoms with Crippen LogP contribution in [0.1, 0.15) is 18.4 Å². The number of aliphatic carboxylic acids is 1. The molecule has 1 atom stereocenters. The number of carboxylic acids is 1. The van der Waals surface area contributed by atoms with Gasteiger partial charge in [0, 0.05) is 12.5 Å². The van der Waals surface area contributed by atoms with Gasteiger partial charge in [-0.15, -0.1) is 0 Å². The summed E-state index contributed by atoms with van der Waals surface area (Å²) in [5.74, 6) is -1.12. The molecule has 0 bridgehead atoms. The van der Waals surface area contributed by atoms with E-state index in [1.807, 2.05) is 0 Å². The van der Waals surface area contributed by atoms with E-state index in [4.69, 9.17) is 10.8 Å². The normalized spacial score (nSPS) is 12.4. The lowest BCUT2D eigenvalue weighted by Gasteiger charge is -2.09. The number of nitrogens with two attached hydrogens (primary N) is 1. The van der Waals surface area contributed by atoms with Crippen LogP contribution in [0.25, 0.3) is 0 Å². The molecule has 0 saturated heterocycles. The molecular weight excluding hydrogens is 197 g/mol. The van der Waals surface area contributed by atoms with Crippen molar-refractivity contribution >= 4 is 5.97 Å². The Morgan fingerprint density at radius 1 is 1.40 bits per heavy atom. The summed E-state index contributed by atoms with van der Waals surface area (Å²) >= 11 is 0. The molecule has 0 aliphatic rings. The average Bonchev–Trinajstić information content (AvgIpc) is 2.19. The second-order valence-electron chi connectivity index (χ2n) is 3.52. The Bertz CT molecular complexity index is 324. The molecule has 0 aliphatic carbocycles. The molecule has 0 amide bonds. The van der Waals surface area contributed by atoms with Gasteiger partial charge >= 0.3 is 5.97 Å². The molecule has 1 aromatic carbocycles. The van der Waals surface area contributed by atoms with Gasteiger partial charge in [-0.25, -0.2) is 4.39 Å². The SMILES string of the molecule is N[C@H](CCC(=O)O)Cc1ccc(F)cc1. The average molecular weight is 211 g/mol. The topological polar surface area (TPSA) is 63.3 Å². The van der Waals surface area contributed by atoms with Crippen LogP contribution in [0.2, 0.25) is 0 Å². The third-order valence-electron chi connectivity index (χ3n) is 2.14. The highest BCUT2D eigenvalue weighted by molar-refractivity contribution is 5.66. The van der Waals surface area contributed by atoms with E-state index in [9.17, 15) is 9.18 Å². The van der Waals surface area contributed by atoms with Gasteiger partial charge in [-0.2, -0.15) is 0 Å². The van der Waals surface area contributed by atoms with Gasteiger partial charge < -0.3 is 10.8 Å². The van der Waals surface area contributed by atoms with Gasteiger partial charge in [0.15, 0.2) is 0 Å². The fourth-order valence-electron chi connectivity index (χ4n) is 1.33. The Balaban J connectivity index is 2.40. The Morgan fingerprint density at radius 2 is 2.00 bits per heavy atom. The maximum Gasteiger partial charge on any atom is 0.303 e. The predicted octanol–water partition coefficient (Wildman–Crippen LogP) is 1.56. The lowest BCUT2D eigenvalue weighted by molar-refractivity contribution is -0.137. The van der Waals surface area contributed by atoms with Gasteiger partial charge in [0.25, 0.3) is 0 Å². The molecule has 4 heteroatoms. The van der Waals surface area contributed by atoms with E-state index in [1.165, 1.54) is 12.1 Å². The van der Waals surface area contributed by atoms with Crippen LogP contribution in [0, 0.1) is 5.82 Å². The van der Waals surface area contributed by atoms with E-state index in [0.29, 0.717) is 12.8 Å². The van der Waals surface area contributed by atoms with Crippen molar-refractivity contribution in [2.24, 2.45) is 5.73 Å².